The highest BCUT2D eigenvalue weighted by Gasteiger charge is 2.03. The first kappa shape index (κ1) is 11.2. The quantitative estimate of drug-likeness (QED) is 0.885. The van der Waals surface area contributed by atoms with Crippen molar-refractivity contribution >= 4 is 11.3 Å². The van der Waals surface area contributed by atoms with Crippen LogP contribution in [0, 0.1) is 5.82 Å². The van der Waals surface area contributed by atoms with Gasteiger partial charge in [-0.15, -0.1) is 11.3 Å². The number of thiazole rings is 1. The maximum atomic E-state index is 13.0. The van der Waals surface area contributed by atoms with Crippen molar-refractivity contribution in [1.29, 1.82) is 0 Å². The summed E-state index contributed by atoms with van der Waals surface area (Å²) in [6.07, 6.45) is 3.40. The molecule has 2 aromatic rings. The molecule has 1 heterocycles. The van der Waals surface area contributed by atoms with E-state index in [1.54, 1.807) is 23.5 Å². The second-order valence-electron chi connectivity index (χ2n) is 3.57. The standard InChI is InChI=1S/C12H13FN2S/c13-10-3-1-2-9(6-10)7-12-15-8-11(16-12)4-5-14/h1-3,6,8H,4-5,7,14H2. The topological polar surface area (TPSA) is 38.9 Å². The van der Waals surface area contributed by atoms with E-state index in [0.717, 1.165) is 17.0 Å². The first-order valence-corrected chi connectivity index (χ1v) is 5.97. The van der Waals surface area contributed by atoms with Crippen LogP contribution in [0.15, 0.2) is 30.5 Å². The lowest BCUT2D eigenvalue weighted by Crippen LogP contribution is -2.00. The minimum absolute atomic E-state index is 0.198. The highest BCUT2D eigenvalue weighted by molar-refractivity contribution is 7.11. The van der Waals surface area contributed by atoms with Crippen LogP contribution in [0.5, 0.6) is 0 Å². The lowest BCUT2D eigenvalue weighted by molar-refractivity contribution is 0.626. The molecule has 0 bridgehead atoms. The fourth-order valence-corrected chi connectivity index (χ4v) is 2.48. The van der Waals surface area contributed by atoms with Crippen LogP contribution in [0.1, 0.15) is 15.4 Å². The van der Waals surface area contributed by atoms with Crippen LogP contribution in [0.4, 0.5) is 4.39 Å². The van der Waals surface area contributed by atoms with Crippen molar-refractivity contribution in [2.24, 2.45) is 5.73 Å². The van der Waals surface area contributed by atoms with Gasteiger partial charge >= 0.3 is 0 Å². The van der Waals surface area contributed by atoms with Gasteiger partial charge in [0.2, 0.25) is 0 Å². The van der Waals surface area contributed by atoms with Crippen molar-refractivity contribution in [2.45, 2.75) is 12.8 Å². The normalized spacial score (nSPS) is 10.6. The Kier molecular flexibility index (Phi) is 3.64. The van der Waals surface area contributed by atoms with Gasteiger partial charge < -0.3 is 5.73 Å². The summed E-state index contributed by atoms with van der Waals surface area (Å²) in [5.74, 6) is -0.198. The maximum absolute atomic E-state index is 13.0. The third-order valence-electron chi connectivity index (χ3n) is 2.24. The van der Waals surface area contributed by atoms with E-state index in [-0.39, 0.29) is 5.82 Å². The largest absolute Gasteiger partial charge is 0.330 e. The molecule has 0 aliphatic heterocycles. The number of nitrogens with two attached hydrogens (primary N) is 1. The molecule has 0 unspecified atom stereocenters. The molecule has 0 aliphatic rings. The molecule has 0 saturated carbocycles. The van der Waals surface area contributed by atoms with Crippen LogP contribution < -0.4 is 5.73 Å². The molecule has 0 radical (unpaired) electrons. The van der Waals surface area contributed by atoms with Crippen LogP contribution in [-0.4, -0.2) is 11.5 Å². The van der Waals surface area contributed by atoms with Crippen LogP contribution in [0.2, 0.25) is 0 Å². The van der Waals surface area contributed by atoms with Crippen molar-refractivity contribution in [1.82, 2.24) is 4.98 Å². The fraction of sp³-hybridized carbons (Fsp3) is 0.250. The van der Waals surface area contributed by atoms with Gasteiger partial charge in [0.1, 0.15) is 5.82 Å². The third-order valence-corrected chi connectivity index (χ3v) is 3.29. The van der Waals surface area contributed by atoms with E-state index >= 15 is 0 Å². The number of nitrogens with zero attached hydrogens (tertiary/aromatic N) is 1. The van der Waals surface area contributed by atoms with Gasteiger partial charge in [-0.3, -0.25) is 0 Å². The summed E-state index contributed by atoms with van der Waals surface area (Å²) in [6, 6.07) is 6.63. The molecule has 0 aliphatic carbocycles. The van der Waals surface area contributed by atoms with Gasteiger partial charge in [0.25, 0.3) is 0 Å². The highest BCUT2D eigenvalue weighted by atomic mass is 32.1. The van der Waals surface area contributed by atoms with Gasteiger partial charge in [0.15, 0.2) is 0 Å². The maximum Gasteiger partial charge on any atom is 0.123 e. The van der Waals surface area contributed by atoms with E-state index in [1.165, 1.54) is 10.9 Å². The van der Waals surface area contributed by atoms with E-state index in [9.17, 15) is 4.39 Å². The van der Waals surface area contributed by atoms with Crippen LogP contribution in [-0.2, 0) is 12.8 Å². The Balaban J connectivity index is 2.08. The molecule has 16 heavy (non-hydrogen) atoms. The summed E-state index contributed by atoms with van der Waals surface area (Å²) in [7, 11) is 0. The highest BCUT2D eigenvalue weighted by Crippen LogP contribution is 2.17. The van der Waals surface area contributed by atoms with E-state index in [1.807, 2.05) is 12.3 Å². The van der Waals surface area contributed by atoms with Gasteiger partial charge in [0.05, 0.1) is 5.01 Å². The lowest BCUT2D eigenvalue weighted by atomic mass is 10.1. The molecule has 0 amide bonds. The summed E-state index contributed by atoms with van der Waals surface area (Å²) in [5.41, 5.74) is 6.42. The molecule has 0 atom stereocenters. The Bertz CT molecular complexity index is 468. The van der Waals surface area contributed by atoms with Crippen molar-refractivity contribution in [3.05, 3.63) is 51.7 Å². The summed E-state index contributed by atoms with van der Waals surface area (Å²) < 4.78 is 13.0. The summed E-state index contributed by atoms with van der Waals surface area (Å²) in [4.78, 5) is 5.49. The molecular formula is C12H13FN2S. The molecule has 1 aromatic carbocycles. The molecule has 4 heteroatoms. The summed E-state index contributed by atoms with van der Waals surface area (Å²) in [5, 5.41) is 1.01. The van der Waals surface area contributed by atoms with Gasteiger partial charge in [0, 0.05) is 17.5 Å². The van der Waals surface area contributed by atoms with E-state index in [2.05, 4.69) is 4.98 Å². The molecule has 2 N–H and O–H groups in total. The minimum Gasteiger partial charge on any atom is -0.330 e. The zero-order valence-electron chi connectivity index (χ0n) is 8.82. The monoisotopic (exact) mass is 236 g/mol. The van der Waals surface area contributed by atoms with Gasteiger partial charge in [-0.2, -0.15) is 0 Å². The summed E-state index contributed by atoms with van der Waals surface area (Å²) in [6.45, 7) is 0.640. The van der Waals surface area contributed by atoms with Gasteiger partial charge in [-0.25, -0.2) is 9.37 Å². The SMILES string of the molecule is NCCc1cnc(Cc2cccc(F)c2)s1. The number of hydrogen-bond acceptors (Lipinski definition) is 3. The molecule has 1 aromatic heterocycles. The Hall–Kier alpha value is -1.26. The van der Waals surface area contributed by atoms with Crippen LogP contribution in [0.3, 0.4) is 0 Å². The predicted molar refractivity (Wildman–Crippen MR) is 64.1 cm³/mol. The second kappa shape index (κ2) is 5.18. The Labute approximate surface area is 97.9 Å². The van der Waals surface area contributed by atoms with Crippen LogP contribution >= 0.6 is 11.3 Å². The van der Waals surface area contributed by atoms with Crippen molar-refractivity contribution < 1.29 is 4.39 Å². The van der Waals surface area contributed by atoms with Crippen LogP contribution in [0.25, 0.3) is 0 Å². The molecular weight excluding hydrogens is 223 g/mol. The predicted octanol–water partition coefficient (Wildman–Crippen LogP) is 2.37. The zero-order chi connectivity index (χ0) is 11.4. The van der Waals surface area contributed by atoms with E-state index in [0.29, 0.717) is 13.0 Å². The second-order valence-corrected chi connectivity index (χ2v) is 4.77. The Morgan fingerprint density at radius 3 is 3.00 bits per heavy atom. The number of benzene rings is 1. The molecule has 2 rings (SSSR count). The number of hydrogen-bond donors (Lipinski definition) is 1. The molecule has 0 fully saturated rings. The minimum atomic E-state index is -0.198. The smallest absolute Gasteiger partial charge is 0.123 e. The first-order valence-electron chi connectivity index (χ1n) is 5.16. The average Bonchev–Trinajstić information content (AvgIpc) is 2.66. The molecule has 0 spiro atoms. The zero-order valence-corrected chi connectivity index (χ0v) is 9.64. The van der Waals surface area contributed by atoms with Crippen molar-refractivity contribution in [3.8, 4) is 0 Å². The van der Waals surface area contributed by atoms with Crippen molar-refractivity contribution in [2.75, 3.05) is 6.54 Å². The number of rotatable bonds is 4. The summed E-state index contributed by atoms with van der Waals surface area (Å²) >= 11 is 1.64. The molecule has 2 nitrogen and oxygen atoms in total. The number of aromatic nitrogens is 1. The van der Waals surface area contributed by atoms with Crippen molar-refractivity contribution in [3.63, 3.8) is 0 Å². The average molecular weight is 236 g/mol. The van der Waals surface area contributed by atoms with Gasteiger partial charge in [-0.05, 0) is 30.7 Å². The Morgan fingerprint density at radius 2 is 2.25 bits per heavy atom. The molecule has 84 valence electrons. The third kappa shape index (κ3) is 2.87. The Morgan fingerprint density at radius 1 is 1.38 bits per heavy atom. The number of halogens is 1. The van der Waals surface area contributed by atoms with E-state index < -0.39 is 0 Å². The fourth-order valence-electron chi connectivity index (χ4n) is 1.51. The molecule has 0 saturated heterocycles. The lowest BCUT2D eigenvalue weighted by Gasteiger charge is -1.97. The van der Waals surface area contributed by atoms with E-state index in [4.69, 9.17) is 5.73 Å². The first-order chi connectivity index (χ1) is 7.78. The van der Waals surface area contributed by atoms with Gasteiger partial charge in [-0.1, -0.05) is 12.1 Å².